The van der Waals surface area contributed by atoms with Crippen molar-refractivity contribution in [3.05, 3.63) is 106 Å². The molecule has 1 aromatic heterocycles. The number of hydrogen-bond donors (Lipinski definition) is 1. The van der Waals surface area contributed by atoms with Crippen LogP contribution in [-0.2, 0) is 11.3 Å². The number of pyridine rings is 1. The van der Waals surface area contributed by atoms with Crippen molar-refractivity contribution < 1.29 is 4.79 Å². The summed E-state index contributed by atoms with van der Waals surface area (Å²) in [5.41, 5.74) is 2.96. The number of aryl methyl sites for hydroxylation is 1. The molecule has 0 atom stereocenters. The zero-order chi connectivity index (χ0) is 19.8. The number of carbonyl (C=O) groups is 1. The second-order valence-corrected chi connectivity index (χ2v) is 6.91. The predicted octanol–water partition coefficient (Wildman–Crippen LogP) is 3.89. The summed E-state index contributed by atoms with van der Waals surface area (Å²) in [5, 5.41) is 3.07. The molecule has 0 aliphatic rings. The zero-order valence-electron chi connectivity index (χ0n) is 16.2. The van der Waals surface area contributed by atoms with Crippen molar-refractivity contribution >= 4 is 5.91 Å². The zero-order valence-corrected chi connectivity index (χ0v) is 16.2. The SMILES string of the molecule is Cc1cccc(=O)n1CCCCNC(=O)C(c1ccccc1)c1ccccc1. The molecule has 0 unspecified atom stereocenters. The summed E-state index contributed by atoms with van der Waals surface area (Å²) in [6.07, 6.45) is 1.66. The lowest BCUT2D eigenvalue weighted by molar-refractivity contribution is -0.121. The molecule has 3 aromatic rings. The third kappa shape index (κ3) is 4.97. The monoisotopic (exact) mass is 374 g/mol. The van der Waals surface area contributed by atoms with Crippen molar-refractivity contribution in [2.75, 3.05) is 6.54 Å². The number of amides is 1. The van der Waals surface area contributed by atoms with Crippen LogP contribution in [-0.4, -0.2) is 17.0 Å². The number of rotatable bonds is 8. The summed E-state index contributed by atoms with van der Waals surface area (Å²) in [4.78, 5) is 24.8. The lowest BCUT2D eigenvalue weighted by Crippen LogP contribution is -2.31. The number of carbonyl (C=O) groups excluding carboxylic acids is 1. The fraction of sp³-hybridized carbons (Fsp3) is 0.250. The lowest BCUT2D eigenvalue weighted by atomic mass is 9.90. The minimum Gasteiger partial charge on any atom is -0.355 e. The maximum atomic E-state index is 12.9. The third-order valence-corrected chi connectivity index (χ3v) is 4.90. The fourth-order valence-electron chi connectivity index (χ4n) is 3.40. The number of nitrogens with one attached hydrogen (secondary N) is 1. The second-order valence-electron chi connectivity index (χ2n) is 6.91. The van der Waals surface area contributed by atoms with E-state index >= 15 is 0 Å². The Morgan fingerprint density at radius 3 is 2.04 bits per heavy atom. The largest absolute Gasteiger partial charge is 0.355 e. The Kier molecular flexibility index (Phi) is 6.79. The van der Waals surface area contributed by atoms with E-state index < -0.39 is 0 Å². The van der Waals surface area contributed by atoms with Crippen LogP contribution in [0.5, 0.6) is 0 Å². The molecule has 1 N–H and O–H groups in total. The molecule has 3 rings (SSSR count). The standard InChI is InChI=1S/C24H26N2O2/c1-19-11-10-16-22(27)26(19)18-9-8-17-25-24(28)23(20-12-4-2-5-13-20)21-14-6-3-7-15-21/h2-7,10-16,23H,8-9,17-18H2,1H3,(H,25,28). The van der Waals surface area contributed by atoms with E-state index in [9.17, 15) is 9.59 Å². The van der Waals surface area contributed by atoms with Gasteiger partial charge in [0.15, 0.2) is 0 Å². The average molecular weight is 374 g/mol. The van der Waals surface area contributed by atoms with Crippen LogP contribution in [0.25, 0.3) is 0 Å². The molecule has 144 valence electrons. The Balaban J connectivity index is 1.58. The number of unbranched alkanes of at least 4 members (excludes halogenated alkanes) is 1. The van der Waals surface area contributed by atoms with Gasteiger partial charge in [0.05, 0.1) is 5.92 Å². The van der Waals surface area contributed by atoms with E-state index in [2.05, 4.69) is 5.32 Å². The molecule has 0 fully saturated rings. The highest BCUT2D eigenvalue weighted by atomic mass is 16.2. The van der Waals surface area contributed by atoms with Crippen LogP contribution in [0.15, 0.2) is 83.7 Å². The summed E-state index contributed by atoms with van der Waals surface area (Å²) in [6, 6.07) is 25.0. The van der Waals surface area contributed by atoms with Gasteiger partial charge < -0.3 is 9.88 Å². The first-order valence-electron chi connectivity index (χ1n) is 9.71. The van der Waals surface area contributed by atoms with E-state index in [4.69, 9.17) is 0 Å². The summed E-state index contributed by atoms with van der Waals surface area (Å²) in [5.74, 6) is -0.313. The van der Waals surface area contributed by atoms with Crippen molar-refractivity contribution in [3.63, 3.8) is 0 Å². The van der Waals surface area contributed by atoms with Gasteiger partial charge in [0.1, 0.15) is 0 Å². The highest BCUT2D eigenvalue weighted by Crippen LogP contribution is 2.24. The molecule has 4 heteroatoms. The van der Waals surface area contributed by atoms with E-state index in [-0.39, 0.29) is 17.4 Å². The maximum absolute atomic E-state index is 12.9. The molecule has 0 saturated carbocycles. The Labute approximate surface area is 165 Å². The van der Waals surface area contributed by atoms with Gasteiger partial charge in [-0.3, -0.25) is 9.59 Å². The van der Waals surface area contributed by atoms with Crippen LogP contribution in [0.2, 0.25) is 0 Å². The van der Waals surface area contributed by atoms with Crippen LogP contribution >= 0.6 is 0 Å². The molecule has 0 radical (unpaired) electrons. The molecule has 0 aliphatic heterocycles. The molecule has 0 saturated heterocycles. The van der Waals surface area contributed by atoms with Crippen LogP contribution < -0.4 is 10.9 Å². The van der Waals surface area contributed by atoms with Crippen LogP contribution in [0, 0.1) is 6.92 Å². The Bertz CT molecular complexity index is 910. The first-order chi connectivity index (χ1) is 13.7. The van der Waals surface area contributed by atoms with Gasteiger partial charge in [-0.2, -0.15) is 0 Å². The van der Waals surface area contributed by atoms with Gasteiger partial charge in [-0.1, -0.05) is 66.7 Å². The number of benzene rings is 2. The molecule has 1 amide bonds. The topological polar surface area (TPSA) is 51.1 Å². The van der Waals surface area contributed by atoms with Crippen molar-refractivity contribution in [2.24, 2.45) is 0 Å². The van der Waals surface area contributed by atoms with E-state index in [0.29, 0.717) is 13.1 Å². The third-order valence-electron chi connectivity index (χ3n) is 4.90. The Morgan fingerprint density at radius 2 is 1.46 bits per heavy atom. The van der Waals surface area contributed by atoms with Gasteiger partial charge in [-0.05, 0) is 37.0 Å². The summed E-state index contributed by atoms with van der Waals surface area (Å²) in [6.45, 7) is 3.20. The van der Waals surface area contributed by atoms with Gasteiger partial charge in [-0.15, -0.1) is 0 Å². The highest BCUT2D eigenvalue weighted by molar-refractivity contribution is 5.87. The smallest absolute Gasteiger partial charge is 0.250 e. The summed E-state index contributed by atoms with van der Waals surface area (Å²) in [7, 11) is 0. The minimum absolute atomic E-state index is 0.00505. The molecular weight excluding hydrogens is 348 g/mol. The average Bonchev–Trinajstić information content (AvgIpc) is 2.71. The summed E-state index contributed by atoms with van der Waals surface area (Å²) < 4.78 is 1.78. The van der Waals surface area contributed by atoms with Crippen molar-refractivity contribution in [1.82, 2.24) is 9.88 Å². The van der Waals surface area contributed by atoms with Gasteiger partial charge in [0.2, 0.25) is 5.91 Å². The molecule has 2 aromatic carbocycles. The molecule has 0 aliphatic carbocycles. The molecule has 0 spiro atoms. The van der Waals surface area contributed by atoms with E-state index in [0.717, 1.165) is 29.7 Å². The molecule has 28 heavy (non-hydrogen) atoms. The van der Waals surface area contributed by atoms with Gasteiger partial charge in [-0.25, -0.2) is 0 Å². The molecule has 0 bridgehead atoms. The highest BCUT2D eigenvalue weighted by Gasteiger charge is 2.21. The quantitative estimate of drug-likeness (QED) is 0.608. The summed E-state index contributed by atoms with van der Waals surface area (Å²) >= 11 is 0. The van der Waals surface area contributed by atoms with E-state index in [1.54, 1.807) is 16.7 Å². The van der Waals surface area contributed by atoms with Gasteiger partial charge in [0, 0.05) is 24.8 Å². The number of aromatic nitrogens is 1. The van der Waals surface area contributed by atoms with Crippen LogP contribution in [0.4, 0.5) is 0 Å². The normalized spacial score (nSPS) is 10.8. The fourth-order valence-corrected chi connectivity index (χ4v) is 3.40. The Morgan fingerprint density at radius 1 is 0.857 bits per heavy atom. The lowest BCUT2D eigenvalue weighted by Gasteiger charge is -2.18. The van der Waals surface area contributed by atoms with Crippen molar-refractivity contribution in [2.45, 2.75) is 32.2 Å². The predicted molar refractivity (Wildman–Crippen MR) is 112 cm³/mol. The van der Waals surface area contributed by atoms with Gasteiger partial charge >= 0.3 is 0 Å². The van der Waals surface area contributed by atoms with Crippen molar-refractivity contribution in [3.8, 4) is 0 Å². The van der Waals surface area contributed by atoms with Crippen molar-refractivity contribution in [1.29, 1.82) is 0 Å². The molecular formula is C24H26N2O2. The first kappa shape index (κ1) is 19.6. The number of hydrogen-bond acceptors (Lipinski definition) is 2. The van der Waals surface area contributed by atoms with E-state index in [1.165, 1.54) is 0 Å². The van der Waals surface area contributed by atoms with Gasteiger partial charge in [0.25, 0.3) is 5.56 Å². The minimum atomic E-state index is -0.318. The maximum Gasteiger partial charge on any atom is 0.250 e. The molecule has 4 nitrogen and oxygen atoms in total. The molecule has 1 heterocycles. The first-order valence-corrected chi connectivity index (χ1v) is 9.71. The second kappa shape index (κ2) is 9.70. The van der Waals surface area contributed by atoms with Crippen LogP contribution in [0.3, 0.4) is 0 Å². The van der Waals surface area contributed by atoms with E-state index in [1.807, 2.05) is 73.7 Å². The van der Waals surface area contributed by atoms with Crippen LogP contribution in [0.1, 0.15) is 35.6 Å². The Hall–Kier alpha value is -3.14. The number of nitrogens with zero attached hydrogens (tertiary/aromatic N) is 1.